The van der Waals surface area contributed by atoms with Crippen LogP contribution in [0.25, 0.3) is 0 Å². The highest BCUT2D eigenvalue weighted by atomic mass is 32.1. The first-order valence-electron chi connectivity index (χ1n) is 5.10. The number of nitrogens with one attached hydrogen (secondary N) is 1. The summed E-state index contributed by atoms with van der Waals surface area (Å²) in [6.07, 6.45) is 2.30. The zero-order valence-corrected chi connectivity index (χ0v) is 10.3. The Morgan fingerprint density at radius 1 is 1.75 bits per heavy atom. The molecule has 0 aliphatic heterocycles. The summed E-state index contributed by atoms with van der Waals surface area (Å²) in [7, 11) is 1.83. The van der Waals surface area contributed by atoms with E-state index in [-0.39, 0.29) is 16.8 Å². The maximum atomic E-state index is 11.7. The lowest BCUT2D eigenvalue weighted by molar-refractivity contribution is -0.123. The molecule has 1 unspecified atom stereocenters. The fourth-order valence-corrected chi connectivity index (χ4v) is 1.67. The first-order valence-corrected chi connectivity index (χ1v) is 5.51. The van der Waals surface area contributed by atoms with Crippen LogP contribution in [0, 0.1) is 5.92 Å². The molecule has 0 fully saturated rings. The molecule has 0 aliphatic carbocycles. The molecule has 0 radical (unpaired) electrons. The van der Waals surface area contributed by atoms with E-state index in [0.29, 0.717) is 13.0 Å². The molecular weight excluding hydrogens is 224 g/mol. The fraction of sp³-hybridized carbons (Fsp3) is 0.500. The third-order valence-corrected chi connectivity index (χ3v) is 2.72. The summed E-state index contributed by atoms with van der Waals surface area (Å²) in [4.78, 5) is 12.0. The number of aryl methyl sites for hydroxylation is 1. The second kappa shape index (κ2) is 5.60. The maximum Gasteiger partial charge on any atom is 0.230 e. The first kappa shape index (κ1) is 12.6. The van der Waals surface area contributed by atoms with Gasteiger partial charge in [0.15, 0.2) is 0 Å². The van der Waals surface area contributed by atoms with Gasteiger partial charge in [0.2, 0.25) is 5.91 Å². The van der Waals surface area contributed by atoms with Gasteiger partial charge < -0.3 is 11.1 Å². The molecule has 3 N–H and O–H groups in total. The Morgan fingerprint density at radius 3 is 2.88 bits per heavy atom. The number of nitrogens with two attached hydrogens (primary N) is 1. The Bertz CT molecular complexity index is 388. The van der Waals surface area contributed by atoms with Crippen LogP contribution in [0.2, 0.25) is 0 Å². The SMILES string of the molecule is CCC(C(=O)NCc1ccnn1C)C(N)=S. The molecule has 1 aromatic rings. The van der Waals surface area contributed by atoms with Crippen LogP contribution in [0.4, 0.5) is 0 Å². The van der Waals surface area contributed by atoms with E-state index < -0.39 is 0 Å². The zero-order valence-electron chi connectivity index (χ0n) is 9.43. The molecule has 5 nitrogen and oxygen atoms in total. The molecule has 0 bridgehead atoms. The van der Waals surface area contributed by atoms with Gasteiger partial charge in [-0.25, -0.2) is 0 Å². The summed E-state index contributed by atoms with van der Waals surface area (Å²) in [6, 6.07) is 1.85. The van der Waals surface area contributed by atoms with Crippen LogP contribution >= 0.6 is 12.2 Å². The Hall–Kier alpha value is -1.43. The average molecular weight is 240 g/mol. The largest absolute Gasteiger partial charge is 0.393 e. The number of rotatable bonds is 5. The summed E-state index contributed by atoms with van der Waals surface area (Å²) in [6.45, 7) is 2.32. The van der Waals surface area contributed by atoms with Crippen LogP contribution in [0.3, 0.4) is 0 Å². The van der Waals surface area contributed by atoms with Crippen LogP contribution in [-0.2, 0) is 18.4 Å². The van der Waals surface area contributed by atoms with E-state index in [1.165, 1.54) is 0 Å². The first-order chi connectivity index (χ1) is 7.56. The summed E-state index contributed by atoms with van der Waals surface area (Å²) < 4.78 is 1.71. The van der Waals surface area contributed by atoms with Gasteiger partial charge in [0.05, 0.1) is 23.1 Å². The van der Waals surface area contributed by atoms with Gasteiger partial charge in [0, 0.05) is 13.2 Å². The molecule has 0 saturated heterocycles. The second-order valence-corrected chi connectivity index (χ2v) is 4.00. The van der Waals surface area contributed by atoms with E-state index in [9.17, 15) is 4.79 Å². The lowest BCUT2D eigenvalue weighted by atomic mass is 10.1. The number of hydrogen-bond acceptors (Lipinski definition) is 3. The van der Waals surface area contributed by atoms with Gasteiger partial charge in [0.25, 0.3) is 0 Å². The minimum atomic E-state index is -0.386. The van der Waals surface area contributed by atoms with Crippen molar-refractivity contribution in [3.05, 3.63) is 18.0 Å². The topological polar surface area (TPSA) is 72.9 Å². The molecule has 1 rings (SSSR count). The minimum Gasteiger partial charge on any atom is -0.393 e. The van der Waals surface area contributed by atoms with E-state index in [2.05, 4.69) is 10.4 Å². The van der Waals surface area contributed by atoms with Crippen molar-refractivity contribution in [1.29, 1.82) is 0 Å². The van der Waals surface area contributed by atoms with E-state index in [0.717, 1.165) is 5.69 Å². The van der Waals surface area contributed by atoms with Gasteiger partial charge in [-0.1, -0.05) is 19.1 Å². The number of carbonyl (C=O) groups is 1. The third kappa shape index (κ3) is 3.03. The maximum absolute atomic E-state index is 11.7. The molecule has 1 amide bonds. The van der Waals surface area contributed by atoms with Crippen LogP contribution in [-0.4, -0.2) is 20.7 Å². The van der Waals surface area contributed by atoms with Gasteiger partial charge in [-0.2, -0.15) is 5.10 Å². The standard InChI is InChI=1S/C10H16N4OS/c1-3-8(9(11)16)10(15)12-6-7-4-5-13-14(7)2/h4-5,8H,3,6H2,1-2H3,(H2,11,16)(H,12,15). The van der Waals surface area contributed by atoms with Gasteiger partial charge in [0.1, 0.15) is 0 Å². The van der Waals surface area contributed by atoms with E-state index in [1.807, 2.05) is 20.0 Å². The van der Waals surface area contributed by atoms with E-state index in [1.54, 1.807) is 10.9 Å². The van der Waals surface area contributed by atoms with Crippen LogP contribution in [0.1, 0.15) is 19.0 Å². The Balaban J connectivity index is 2.52. The average Bonchev–Trinajstić information content (AvgIpc) is 2.61. The second-order valence-electron chi connectivity index (χ2n) is 3.53. The molecule has 0 saturated carbocycles. The zero-order chi connectivity index (χ0) is 12.1. The summed E-state index contributed by atoms with van der Waals surface area (Å²) in [5.41, 5.74) is 6.42. The third-order valence-electron chi connectivity index (χ3n) is 2.43. The number of amides is 1. The van der Waals surface area contributed by atoms with Crippen LogP contribution in [0.5, 0.6) is 0 Å². The molecule has 1 heterocycles. The Morgan fingerprint density at radius 2 is 2.44 bits per heavy atom. The number of thiocarbonyl (C=S) groups is 1. The predicted molar refractivity (Wildman–Crippen MR) is 65.6 cm³/mol. The highest BCUT2D eigenvalue weighted by molar-refractivity contribution is 7.80. The summed E-state index contributed by atoms with van der Waals surface area (Å²) in [5.74, 6) is -0.514. The lowest BCUT2D eigenvalue weighted by Gasteiger charge is -2.13. The van der Waals surface area contributed by atoms with Crippen LogP contribution < -0.4 is 11.1 Å². The molecule has 88 valence electrons. The molecule has 0 aliphatic rings. The van der Waals surface area contributed by atoms with E-state index in [4.69, 9.17) is 18.0 Å². The molecule has 6 heteroatoms. The van der Waals surface area contributed by atoms with Crippen LogP contribution in [0.15, 0.2) is 12.3 Å². The van der Waals surface area contributed by atoms with Crippen molar-refractivity contribution in [3.63, 3.8) is 0 Å². The van der Waals surface area contributed by atoms with Gasteiger partial charge in [-0.05, 0) is 12.5 Å². The highest BCUT2D eigenvalue weighted by Crippen LogP contribution is 2.04. The normalized spacial score (nSPS) is 12.1. The van der Waals surface area contributed by atoms with Gasteiger partial charge in [-0.3, -0.25) is 9.48 Å². The molecule has 16 heavy (non-hydrogen) atoms. The van der Waals surface area contributed by atoms with Crippen molar-refractivity contribution in [2.45, 2.75) is 19.9 Å². The highest BCUT2D eigenvalue weighted by Gasteiger charge is 2.18. The van der Waals surface area contributed by atoms with E-state index >= 15 is 0 Å². The van der Waals surface area contributed by atoms with Crippen molar-refractivity contribution in [3.8, 4) is 0 Å². The van der Waals surface area contributed by atoms with Crippen molar-refractivity contribution in [2.75, 3.05) is 0 Å². The number of nitrogens with zero attached hydrogens (tertiary/aromatic N) is 2. The number of hydrogen-bond donors (Lipinski definition) is 2. The monoisotopic (exact) mass is 240 g/mol. The van der Waals surface area contributed by atoms with Crippen molar-refractivity contribution >= 4 is 23.1 Å². The number of aromatic nitrogens is 2. The quantitative estimate of drug-likeness (QED) is 0.728. The molecule has 0 aromatic carbocycles. The van der Waals surface area contributed by atoms with Crippen molar-refractivity contribution in [2.24, 2.45) is 18.7 Å². The van der Waals surface area contributed by atoms with Gasteiger partial charge >= 0.3 is 0 Å². The molecule has 0 spiro atoms. The van der Waals surface area contributed by atoms with Gasteiger partial charge in [-0.15, -0.1) is 0 Å². The van der Waals surface area contributed by atoms with Crippen molar-refractivity contribution in [1.82, 2.24) is 15.1 Å². The molecular formula is C10H16N4OS. The Kier molecular flexibility index (Phi) is 4.42. The molecule has 1 atom stereocenters. The smallest absolute Gasteiger partial charge is 0.230 e. The summed E-state index contributed by atoms with van der Waals surface area (Å²) in [5, 5.41) is 6.80. The lowest BCUT2D eigenvalue weighted by Crippen LogP contribution is -2.37. The molecule has 1 aromatic heterocycles. The minimum absolute atomic E-state index is 0.129. The van der Waals surface area contributed by atoms with Crippen molar-refractivity contribution < 1.29 is 4.79 Å². The summed E-state index contributed by atoms with van der Waals surface area (Å²) >= 11 is 4.83. The Labute approximate surface area is 100 Å². The fourth-order valence-electron chi connectivity index (χ4n) is 1.39. The predicted octanol–water partition coefficient (Wildman–Crippen LogP) is 0.349. The number of carbonyl (C=O) groups excluding carboxylic acids is 1.